The first-order chi connectivity index (χ1) is 16.5. The number of phenols is 1. The normalized spacial score (nSPS) is 18.8. The van der Waals surface area contributed by atoms with Gasteiger partial charge in [-0.2, -0.15) is 0 Å². The largest absolute Gasteiger partial charge is 0.508 e. The minimum absolute atomic E-state index is 0.00918. The van der Waals surface area contributed by atoms with Crippen LogP contribution in [-0.4, -0.2) is 75.8 Å². The van der Waals surface area contributed by atoms with Crippen molar-refractivity contribution in [3.05, 3.63) is 29.8 Å². The van der Waals surface area contributed by atoms with Gasteiger partial charge < -0.3 is 36.6 Å². The highest BCUT2D eigenvalue weighted by Crippen LogP contribution is 2.13. The topological polar surface area (TPSA) is 177 Å². The van der Waals surface area contributed by atoms with E-state index >= 15 is 0 Å². The Morgan fingerprint density at radius 2 is 1.66 bits per heavy atom. The first kappa shape index (κ1) is 28.1. The number of aliphatic hydroxyl groups is 1. The second kappa shape index (κ2) is 13.1. The van der Waals surface area contributed by atoms with E-state index in [1.165, 1.54) is 19.1 Å². The number of aliphatic carboxylic acids is 1. The maximum atomic E-state index is 13.2. The standard InChI is InChI=1S/C24H36N4O7/c1-13(2)11-19(24(34)35)27-23(33)20(14(3)29)28-22(32)18(12-15-6-8-16(30)9-7-15)26-21(31)17-5-4-10-25-17/h6-9,13-14,17-20,25,29-30H,4-5,10-12H2,1-3H3,(H,26,31)(H,27,33)(H,28,32)(H,34,35). The molecule has 35 heavy (non-hydrogen) atoms. The van der Waals surface area contributed by atoms with E-state index in [4.69, 9.17) is 0 Å². The van der Waals surface area contributed by atoms with Crippen molar-refractivity contribution >= 4 is 23.7 Å². The summed E-state index contributed by atoms with van der Waals surface area (Å²) >= 11 is 0. The second-order valence-electron chi connectivity index (χ2n) is 9.34. The van der Waals surface area contributed by atoms with Crippen LogP contribution in [0.25, 0.3) is 0 Å². The number of nitrogens with one attached hydrogen (secondary N) is 4. The second-order valence-corrected chi connectivity index (χ2v) is 9.34. The molecule has 1 aliphatic rings. The number of rotatable bonds is 12. The first-order valence-electron chi connectivity index (χ1n) is 11.8. The fourth-order valence-corrected chi connectivity index (χ4v) is 3.87. The molecule has 0 aliphatic carbocycles. The van der Waals surface area contributed by atoms with Gasteiger partial charge in [-0.25, -0.2) is 4.79 Å². The molecule has 0 radical (unpaired) electrons. The number of benzene rings is 1. The molecule has 0 saturated carbocycles. The van der Waals surface area contributed by atoms with Crippen LogP contribution in [0, 0.1) is 5.92 Å². The molecule has 11 nitrogen and oxygen atoms in total. The van der Waals surface area contributed by atoms with Crippen molar-refractivity contribution in [2.24, 2.45) is 5.92 Å². The summed E-state index contributed by atoms with van der Waals surface area (Å²) in [4.78, 5) is 50.2. The van der Waals surface area contributed by atoms with Crippen molar-refractivity contribution in [1.29, 1.82) is 0 Å². The summed E-state index contributed by atoms with van der Waals surface area (Å²) in [7, 11) is 0. The van der Waals surface area contributed by atoms with E-state index in [2.05, 4.69) is 21.3 Å². The van der Waals surface area contributed by atoms with Crippen molar-refractivity contribution in [2.75, 3.05) is 6.54 Å². The summed E-state index contributed by atoms with van der Waals surface area (Å²) < 4.78 is 0. The van der Waals surface area contributed by atoms with E-state index in [9.17, 15) is 34.5 Å². The van der Waals surface area contributed by atoms with E-state index in [1.54, 1.807) is 12.1 Å². The van der Waals surface area contributed by atoms with Gasteiger partial charge in [0.2, 0.25) is 17.7 Å². The first-order valence-corrected chi connectivity index (χ1v) is 11.8. The van der Waals surface area contributed by atoms with Gasteiger partial charge >= 0.3 is 5.97 Å². The number of carboxylic acid groups (broad SMARTS) is 1. The number of phenolic OH excluding ortho intramolecular Hbond substituents is 1. The van der Waals surface area contributed by atoms with Crippen LogP contribution in [0.5, 0.6) is 5.75 Å². The average Bonchev–Trinajstić information content (AvgIpc) is 3.32. The van der Waals surface area contributed by atoms with Gasteiger partial charge in [-0.15, -0.1) is 0 Å². The van der Waals surface area contributed by atoms with Gasteiger partial charge in [-0.05, 0) is 56.3 Å². The molecule has 1 aromatic carbocycles. The van der Waals surface area contributed by atoms with Gasteiger partial charge in [-0.3, -0.25) is 14.4 Å². The Morgan fingerprint density at radius 1 is 1.00 bits per heavy atom. The molecule has 11 heteroatoms. The number of carbonyl (C=O) groups is 4. The molecule has 7 N–H and O–H groups in total. The molecule has 1 heterocycles. The molecule has 1 aromatic rings. The van der Waals surface area contributed by atoms with Gasteiger partial charge in [0, 0.05) is 6.42 Å². The Balaban J connectivity index is 2.17. The third-order valence-corrected chi connectivity index (χ3v) is 5.77. The molecular formula is C24H36N4O7. The van der Waals surface area contributed by atoms with Crippen LogP contribution in [0.15, 0.2) is 24.3 Å². The van der Waals surface area contributed by atoms with Gasteiger partial charge in [0.05, 0.1) is 12.1 Å². The smallest absolute Gasteiger partial charge is 0.326 e. The SMILES string of the molecule is CC(C)CC(NC(=O)C(NC(=O)C(Cc1ccc(O)cc1)NC(=O)C1CCCN1)C(C)O)C(=O)O. The molecule has 1 fully saturated rings. The number of aromatic hydroxyl groups is 1. The average molecular weight is 493 g/mol. The Bertz CT molecular complexity index is 882. The van der Waals surface area contributed by atoms with E-state index < -0.39 is 48.1 Å². The lowest BCUT2D eigenvalue weighted by Gasteiger charge is -2.27. The fraction of sp³-hybridized carbons (Fsp3) is 0.583. The Kier molecular flexibility index (Phi) is 10.5. The van der Waals surface area contributed by atoms with E-state index in [-0.39, 0.29) is 30.4 Å². The minimum atomic E-state index is -1.43. The molecular weight excluding hydrogens is 456 g/mol. The van der Waals surface area contributed by atoms with Crippen LogP contribution in [0.1, 0.15) is 45.6 Å². The number of carbonyl (C=O) groups excluding carboxylic acids is 3. The summed E-state index contributed by atoms with van der Waals surface area (Å²) in [5.41, 5.74) is 0.656. The molecule has 3 amide bonds. The zero-order valence-electron chi connectivity index (χ0n) is 20.3. The summed E-state index contributed by atoms with van der Waals surface area (Å²) in [6.45, 7) is 5.62. The van der Waals surface area contributed by atoms with E-state index in [0.29, 0.717) is 18.5 Å². The van der Waals surface area contributed by atoms with Gasteiger partial charge in [0.25, 0.3) is 0 Å². The van der Waals surface area contributed by atoms with Crippen molar-refractivity contribution in [2.45, 2.75) is 76.7 Å². The molecule has 1 aliphatic heterocycles. The quantitative estimate of drug-likeness (QED) is 0.207. The monoisotopic (exact) mass is 492 g/mol. The molecule has 0 spiro atoms. The summed E-state index contributed by atoms with van der Waals surface area (Å²) in [5, 5.41) is 39.7. The van der Waals surface area contributed by atoms with Crippen molar-refractivity contribution in [3.8, 4) is 5.75 Å². The van der Waals surface area contributed by atoms with Crippen molar-refractivity contribution in [3.63, 3.8) is 0 Å². The summed E-state index contributed by atoms with van der Waals surface area (Å²) in [5.74, 6) is -3.08. The number of hydrogen-bond acceptors (Lipinski definition) is 7. The zero-order chi connectivity index (χ0) is 26.1. The third-order valence-electron chi connectivity index (χ3n) is 5.77. The summed E-state index contributed by atoms with van der Waals surface area (Å²) in [6.07, 6.45) is 0.385. The van der Waals surface area contributed by atoms with Crippen LogP contribution < -0.4 is 21.3 Å². The van der Waals surface area contributed by atoms with Crippen molar-refractivity contribution in [1.82, 2.24) is 21.3 Å². The van der Waals surface area contributed by atoms with Crippen LogP contribution in [-0.2, 0) is 25.6 Å². The number of aliphatic hydroxyl groups excluding tert-OH is 1. The fourth-order valence-electron chi connectivity index (χ4n) is 3.87. The lowest BCUT2D eigenvalue weighted by molar-refractivity contribution is -0.143. The van der Waals surface area contributed by atoms with Gasteiger partial charge in [0.15, 0.2) is 0 Å². The molecule has 194 valence electrons. The highest BCUT2D eigenvalue weighted by molar-refractivity contribution is 5.94. The predicted octanol–water partition coefficient (Wildman–Crippen LogP) is -0.347. The van der Waals surface area contributed by atoms with Crippen LogP contribution in [0.4, 0.5) is 0 Å². The molecule has 5 atom stereocenters. The maximum absolute atomic E-state index is 13.2. The highest BCUT2D eigenvalue weighted by Gasteiger charge is 2.33. The van der Waals surface area contributed by atoms with Crippen LogP contribution >= 0.6 is 0 Å². The lowest BCUT2D eigenvalue weighted by atomic mass is 10.0. The number of hydrogen-bond donors (Lipinski definition) is 7. The van der Waals surface area contributed by atoms with Gasteiger partial charge in [0.1, 0.15) is 23.9 Å². The Labute approximate surface area is 204 Å². The molecule has 1 saturated heterocycles. The van der Waals surface area contributed by atoms with Crippen LogP contribution in [0.3, 0.4) is 0 Å². The van der Waals surface area contributed by atoms with Crippen molar-refractivity contribution < 1.29 is 34.5 Å². The number of carboxylic acids is 1. The molecule has 0 aromatic heterocycles. The third kappa shape index (κ3) is 8.84. The molecule has 0 bridgehead atoms. The number of amides is 3. The Hall–Kier alpha value is -3.18. The lowest BCUT2D eigenvalue weighted by Crippen LogP contribution is -2.60. The Morgan fingerprint density at radius 3 is 2.17 bits per heavy atom. The maximum Gasteiger partial charge on any atom is 0.326 e. The highest BCUT2D eigenvalue weighted by atomic mass is 16.4. The molecule has 5 unspecified atom stereocenters. The van der Waals surface area contributed by atoms with E-state index in [1.807, 2.05) is 13.8 Å². The zero-order valence-corrected chi connectivity index (χ0v) is 20.3. The minimum Gasteiger partial charge on any atom is -0.508 e. The molecule has 2 rings (SSSR count). The summed E-state index contributed by atoms with van der Waals surface area (Å²) in [6, 6.07) is 2.01. The van der Waals surface area contributed by atoms with E-state index in [0.717, 1.165) is 6.42 Å². The van der Waals surface area contributed by atoms with Crippen LogP contribution in [0.2, 0.25) is 0 Å². The predicted molar refractivity (Wildman–Crippen MR) is 127 cm³/mol. The van der Waals surface area contributed by atoms with Gasteiger partial charge in [-0.1, -0.05) is 26.0 Å².